The number of nitrogens with one attached hydrogen (secondary N) is 1. The number of rotatable bonds is 5. The lowest BCUT2D eigenvalue weighted by Crippen LogP contribution is -2.31. The molecule has 148 valence electrons. The van der Waals surface area contributed by atoms with E-state index in [9.17, 15) is 18.0 Å². The SMILES string of the molecule is COc1ccc(CNC(=O)c2ccc(Cl)c(N3C(=O)C(C)CS3(=O)=O)c2)cc1. The van der Waals surface area contributed by atoms with E-state index in [2.05, 4.69) is 5.32 Å². The fraction of sp³-hybridized carbons (Fsp3) is 0.263. The standard InChI is InChI=1S/C19H19ClN2O5S/c1-12-11-28(25,26)22(19(12)24)17-9-14(5-8-16(17)20)18(23)21-10-13-3-6-15(27-2)7-4-13/h3-9,12H,10-11H2,1-2H3,(H,21,23). The van der Waals surface area contributed by atoms with E-state index in [1.165, 1.54) is 18.2 Å². The Labute approximate surface area is 168 Å². The molecule has 0 bridgehead atoms. The summed E-state index contributed by atoms with van der Waals surface area (Å²) in [6.45, 7) is 1.82. The molecule has 1 unspecified atom stereocenters. The average molecular weight is 423 g/mol. The summed E-state index contributed by atoms with van der Waals surface area (Å²) in [5.74, 6) is -1.20. The van der Waals surface area contributed by atoms with Crippen molar-refractivity contribution in [2.24, 2.45) is 5.92 Å². The van der Waals surface area contributed by atoms with Gasteiger partial charge < -0.3 is 10.1 Å². The number of amides is 2. The lowest BCUT2D eigenvalue weighted by molar-refractivity contribution is -0.119. The van der Waals surface area contributed by atoms with Crippen LogP contribution in [-0.4, -0.2) is 33.1 Å². The highest BCUT2D eigenvalue weighted by Crippen LogP contribution is 2.34. The number of benzene rings is 2. The van der Waals surface area contributed by atoms with Gasteiger partial charge in [0, 0.05) is 12.1 Å². The van der Waals surface area contributed by atoms with E-state index in [0.29, 0.717) is 10.1 Å². The maximum atomic E-state index is 12.5. The first kappa shape index (κ1) is 20.2. The third-order valence-corrected chi connectivity index (χ3v) is 6.57. The maximum Gasteiger partial charge on any atom is 0.251 e. The average Bonchev–Trinajstić information content (AvgIpc) is 2.87. The lowest BCUT2D eigenvalue weighted by Gasteiger charge is -2.17. The number of methoxy groups -OCH3 is 1. The van der Waals surface area contributed by atoms with Crippen molar-refractivity contribution in [1.29, 1.82) is 0 Å². The van der Waals surface area contributed by atoms with Crippen LogP contribution in [0.15, 0.2) is 42.5 Å². The third-order valence-electron chi connectivity index (χ3n) is 4.40. The second-order valence-electron chi connectivity index (χ2n) is 6.48. The summed E-state index contributed by atoms with van der Waals surface area (Å²) in [6, 6.07) is 11.4. The van der Waals surface area contributed by atoms with E-state index in [1.54, 1.807) is 26.2 Å². The number of hydrogen-bond donors (Lipinski definition) is 1. The molecule has 3 rings (SSSR count). The van der Waals surface area contributed by atoms with E-state index in [0.717, 1.165) is 5.56 Å². The maximum absolute atomic E-state index is 12.5. The Kier molecular flexibility index (Phi) is 5.62. The predicted octanol–water partition coefficient (Wildman–Crippen LogP) is 2.59. The molecule has 0 saturated carbocycles. The lowest BCUT2D eigenvalue weighted by atomic mass is 10.1. The van der Waals surface area contributed by atoms with Gasteiger partial charge in [-0.05, 0) is 35.9 Å². The largest absolute Gasteiger partial charge is 0.497 e. The first-order chi connectivity index (χ1) is 13.2. The molecule has 2 aromatic rings. The summed E-state index contributed by atoms with van der Waals surface area (Å²) >= 11 is 6.12. The Morgan fingerprint density at radius 2 is 1.93 bits per heavy atom. The summed E-state index contributed by atoms with van der Waals surface area (Å²) in [7, 11) is -2.24. The van der Waals surface area contributed by atoms with E-state index >= 15 is 0 Å². The number of anilines is 1. The predicted molar refractivity (Wildman–Crippen MR) is 106 cm³/mol. The van der Waals surface area contributed by atoms with E-state index in [4.69, 9.17) is 16.3 Å². The number of carbonyl (C=O) groups is 2. The monoisotopic (exact) mass is 422 g/mol. The van der Waals surface area contributed by atoms with E-state index < -0.39 is 27.8 Å². The van der Waals surface area contributed by atoms with Crippen LogP contribution in [0.3, 0.4) is 0 Å². The molecule has 1 fully saturated rings. The molecule has 2 amide bonds. The Balaban J connectivity index is 1.80. The molecular formula is C19H19ClN2O5S. The number of sulfonamides is 1. The molecule has 9 heteroatoms. The zero-order valence-electron chi connectivity index (χ0n) is 15.3. The van der Waals surface area contributed by atoms with Gasteiger partial charge in [0.2, 0.25) is 15.9 Å². The van der Waals surface area contributed by atoms with Gasteiger partial charge >= 0.3 is 0 Å². The van der Waals surface area contributed by atoms with Gasteiger partial charge in [-0.1, -0.05) is 30.7 Å². The van der Waals surface area contributed by atoms with Crippen LogP contribution in [-0.2, 0) is 21.4 Å². The number of ether oxygens (including phenoxy) is 1. The van der Waals surface area contributed by atoms with E-state index in [-0.39, 0.29) is 28.6 Å². The van der Waals surface area contributed by atoms with Crippen LogP contribution in [0, 0.1) is 5.92 Å². The van der Waals surface area contributed by atoms with Crippen molar-refractivity contribution in [3.05, 3.63) is 58.6 Å². The van der Waals surface area contributed by atoms with Gasteiger partial charge in [0.05, 0.1) is 29.5 Å². The quantitative estimate of drug-likeness (QED) is 0.799. The summed E-state index contributed by atoms with van der Waals surface area (Å²) in [6.07, 6.45) is 0. The fourth-order valence-corrected chi connectivity index (χ4v) is 4.99. The van der Waals surface area contributed by atoms with Gasteiger partial charge in [0.1, 0.15) is 5.75 Å². The Bertz CT molecular complexity index is 1020. The van der Waals surface area contributed by atoms with Gasteiger partial charge in [-0.15, -0.1) is 0 Å². The van der Waals surface area contributed by atoms with Gasteiger partial charge in [0.25, 0.3) is 5.91 Å². The highest BCUT2D eigenvalue weighted by atomic mass is 35.5. The number of carbonyl (C=O) groups excluding carboxylic acids is 2. The smallest absolute Gasteiger partial charge is 0.251 e. The van der Waals surface area contributed by atoms with Crippen molar-refractivity contribution in [1.82, 2.24) is 5.32 Å². The summed E-state index contributed by atoms with van der Waals surface area (Å²) in [4.78, 5) is 24.8. The molecule has 2 aromatic carbocycles. The molecule has 0 aromatic heterocycles. The molecule has 1 aliphatic heterocycles. The highest BCUT2D eigenvalue weighted by Gasteiger charge is 2.42. The summed E-state index contributed by atoms with van der Waals surface area (Å²) < 4.78 is 30.4. The minimum Gasteiger partial charge on any atom is -0.497 e. The van der Waals surface area contributed by atoms with Gasteiger partial charge in [-0.3, -0.25) is 9.59 Å². The molecule has 1 aliphatic rings. The third kappa shape index (κ3) is 3.98. The molecular weight excluding hydrogens is 404 g/mol. The number of hydrogen-bond acceptors (Lipinski definition) is 5. The normalized spacial score (nSPS) is 18.2. The van der Waals surface area contributed by atoms with Crippen molar-refractivity contribution in [2.75, 3.05) is 17.2 Å². The van der Waals surface area contributed by atoms with E-state index in [1.807, 2.05) is 12.1 Å². The minimum absolute atomic E-state index is 0.00638. The van der Waals surface area contributed by atoms with Crippen molar-refractivity contribution < 1.29 is 22.7 Å². The van der Waals surface area contributed by atoms with Crippen molar-refractivity contribution >= 4 is 39.1 Å². The van der Waals surface area contributed by atoms with Crippen LogP contribution < -0.4 is 14.4 Å². The Morgan fingerprint density at radius 3 is 2.50 bits per heavy atom. The molecule has 0 spiro atoms. The molecule has 1 heterocycles. The molecule has 1 atom stereocenters. The van der Waals surface area contributed by atoms with Crippen molar-refractivity contribution in [2.45, 2.75) is 13.5 Å². The molecule has 1 N–H and O–H groups in total. The van der Waals surface area contributed by atoms with Crippen molar-refractivity contribution in [3.8, 4) is 5.75 Å². The number of nitrogens with zero attached hydrogens (tertiary/aromatic N) is 1. The zero-order valence-corrected chi connectivity index (χ0v) is 16.9. The fourth-order valence-electron chi connectivity index (χ4n) is 2.90. The second kappa shape index (κ2) is 7.81. The Hall–Kier alpha value is -2.58. The van der Waals surface area contributed by atoms with Gasteiger partial charge in [0.15, 0.2) is 0 Å². The van der Waals surface area contributed by atoms with Crippen molar-refractivity contribution in [3.63, 3.8) is 0 Å². The molecule has 7 nitrogen and oxygen atoms in total. The molecule has 28 heavy (non-hydrogen) atoms. The van der Waals surface area contributed by atoms with Crippen LogP contribution in [0.5, 0.6) is 5.75 Å². The van der Waals surface area contributed by atoms with Gasteiger partial charge in [-0.2, -0.15) is 0 Å². The molecule has 0 aliphatic carbocycles. The first-order valence-electron chi connectivity index (χ1n) is 8.50. The Morgan fingerprint density at radius 1 is 1.25 bits per heavy atom. The van der Waals surface area contributed by atoms with Crippen LogP contribution in [0.1, 0.15) is 22.8 Å². The second-order valence-corrected chi connectivity index (χ2v) is 8.75. The topological polar surface area (TPSA) is 92.8 Å². The number of halogens is 1. The van der Waals surface area contributed by atoms with Crippen LogP contribution in [0.2, 0.25) is 5.02 Å². The van der Waals surface area contributed by atoms with Crippen LogP contribution in [0.25, 0.3) is 0 Å². The molecule has 0 radical (unpaired) electrons. The van der Waals surface area contributed by atoms with Crippen LogP contribution >= 0.6 is 11.6 Å². The first-order valence-corrected chi connectivity index (χ1v) is 10.5. The summed E-state index contributed by atoms with van der Waals surface area (Å²) in [5, 5.41) is 2.84. The van der Waals surface area contributed by atoms with Gasteiger partial charge in [-0.25, -0.2) is 12.7 Å². The minimum atomic E-state index is -3.81. The van der Waals surface area contributed by atoms with Crippen LogP contribution in [0.4, 0.5) is 5.69 Å². The molecule has 1 saturated heterocycles. The zero-order chi connectivity index (χ0) is 20.5. The highest BCUT2D eigenvalue weighted by molar-refractivity contribution is 7.94. The summed E-state index contributed by atoms with van der Waals surface area (Å²) in [5.41, 5.74) is 1.07.